The Hall–Kier alpha value is -2.59. The summed E-state index contributed by atoms with van der Waals surface area (Å²) in [5, 5.41) is 18.9. The Bertz CT molecular complexity index is 664. The monoisotopic (exact) mass is 250 g/mol. The van der Waals surface area contributed by atoms with Gasteiger partial charge in [-0.3, -0.25) is 0 Å². The Kier molecular flexibility index (Phi) is 3.95. The quantitative estimate of drug-likeness (QED) is 0.837. The first kappa shape index (κ1) is 12.9. The fourth-order valence-electron chi connectivity index (χ4n) is 2.03. The molecule has 0 radical (unpaired) electrons. The van der Waals surface area contributed by atoms with Crippen molar-refractivity contribution in [1.29, 1.82) is 10.5 Å². The van der Waals surface area contributed by atoms with E-state index in [4.69, 9.17) is 5.26 Å². The highest BCUT2D eigenvalue weighted by Gasteiger charge is 2.12. The van der Waals surface area contributed by atoms with Crippen LogP contribution in [0.1, 0.15) is 18.9 Å². The number of anilines is 1. The zero-order valence-corrected chi connectivity index (χ0v) is 10.8. The number of rotatable bonds is 4. The number of hydrogen-bond donors (Lipinski definition) is 0. The number of aromatic nitrogens is 1. The van der Waals surface area contributed by atoms with Gasteiger partial charge < -0.3 is 4.90 Å². The highest BCUT2D eigenvalue weighted by atomic mass is 15.2. The smallest absolute Gasteiger partial charge is 0.147 e. The second kappa shape index (κ2) is 5.84. The first-order chi connectivity index (χ1) is 9.30. The predicted molar refractivity (Wildman–Crippen MR) is 74.6 cm³/mol. The maximum Gasteiger partial charge on any atom is 0.147 e. The molecule has 0 saturated carbocycles. The Labute approximate surface area is 112 Å². The highest BCUT2D eigenvalue weighted by molar-refractivity contribution is 5.83. The van der Waals surface area contributed by atoms with Crippen molar-refractivity contribution >= 4 is 16.7 Å². The van der Waals surface area contributed by atoms with Crippen molar-refractivity contribution in [3.63, 3.8) is 0 Å². The van der Waals surface area contributed by atoms with E-state index in [1.54, 1.807) is 0 Å². The molecule has 0 aliphatic heterocycles. The summed E-state index contributed by atoms with van der Waals surface area (Å²) < 4.78 is 0. The van der Waals surface area contributed by atoms with Crippen LogP contribution in [0.3, 0.4) is 0 Å². The van der Waals surface area contributed by atoms with Gasteiger partial charge in [-0.05, 0) is 19.1 Å². The van der Waals surface area contributed by atoms with Gasteiger partial charge in [-0.25, -0.2) is 4.98 Å². The molecular weight excluding hydrogens is 236 g/mol. The molecule has 2 aromatic rings. The third kappa shape index (κ3) is 2.64. The van der Waals surface area contributed by atoms with Gasteiger partial charge in [-0.1, -0.05) is 18.2 Å². The molecule has 0 unspecified atom stereocenters. The van der Waals surface area contributed by atoms with Gasteiger partial charge in [0.25, 0.3) is 0 Å². The minimum Gasteiger partial charge on any atom is -0.355 e. The molecule has 0 bridgehead atoms. The number of benzene rings is 1. The van der Waals surface area contributed by atoms with Crippen molar-refractivity contribution in [3.05, 3.63) is 35.9 Å². The lowest BCUT2D eigenvalue weighted by atomic mass is 10.1. The molecule has 0 spiro atoms. The van der Waals surface area contributed by atoms with E-state index in [1.165, 1.54) is 0 Å². The molecule has 0 atom stereocenters. The number of fused-ring (bicyclic) bond motifs is 1. The number of para-hydroxylation sites is 1. The van der Waals surface area contributed by atoms with Crippen LogP contribution in [0.4, 0.5) is 5.82 Å². The minimum atomic E-state index is 0.424. The van der Waals surface area contributed by atoms with E-state index in [9.17, 15) is 5.26 Å². The van der Waals surface area contributed by atoms with Crippen molar-refractivity contribution in [1.82, 2.24) is 4.98 Å². The van der Waals surface area contributed by atoms with Crippen molar-refractivity contribution in [2.45, 2.75) is 13.3 Å². The molecule has 0 N–H and O–H groups in total. The van der Waals surface area contributed by atoms with Crippen LogP contribution in [-0.4, -0.2) is 18.1 Å². The van der Waals surface area contributed by atoms with Crippen LogP contribution in [0.15, 0.2) is 30.3 Å². The molecule has 94 valence electrons. The van der Waals surface area contributed by atoms with E-state index >= 15 is 0 Å². The predicted octanol–water partition coefficient (Wildman–Crippen LogP) is 2.85. The molecule has 1 heterocycles. The van der Waals surface area contributed by atoms with Crippen molar-refractivity contribution in [2.24, 2.45) is 0 Å². The van der Waals surface area contributed by atoms with Crippen LogP contribution in [0.25, 0.3) is 10.9 Å². The second-order valence-corrected chi connectivity index (χ2v) is 4.15. The standard InChI is InChI=1S/C15H14N4/c1-2-19(9-5-8-16)15-13(11-17)10-12-6-3-4-7-14(12)18-15/h3-4,6-7,10H,2,5,9H2,1H3. The van der Waals surface area contributed by atoms with E-state index in [1.807, 2.05) is 42.2 Å². The van der Waals surface area contributed by atoms with Gasteiger partial charge in [-0.2, -0.15) is 10.5 Å². The first-order valence-electron chi connectivity index (χ1n) is 6.22. The van der Waals surface area contributed by atoms with Crippen molar-refractivity contribution in [3.8, 4) is 12.1 Å². The molecule has 0 amide bonds. The summed E-state index contributed by atoms with van der Waals surface area (Å²) in [4.78, 5) is 6.53. The molecule has 4 heteroatoms. The van der Waals surface area contributed by atoms with Gasteiger partial charge in [0.05, 0.1) is 23.6 Å². The van der Waals surface area contributed by atoms with Crippen LogP contribution in [0.5, 0.6) is 0 Å². The molecular formula is C15H14N4. The molecule has 0 aliphatic rings. The highest BCUT2D eigenvalue weighted by Crippen LogP contribution is 2.23. The summed E-state index contributed by atoms with van der Waals surface area (Å²) in [6.07, 6.45) is 0.424. The van der Waals surface area contributed by atoms with Crippen LogP contribution in [0.2, 0.25) is 0 Å². The van der Waals surface area contributed by atoms with Crippen LogP contribution < -0.4 is 4.90 Å². The number of hydrogen-bond acceptors (Lipinski definition) is 4. The van der Waals surface area contributed by atoms with E-state index < -0.39 is 0 Å². The molecule has 1 aromatic carbocycles. The van der Waals surface area contributed by atoms with Gasteiger partial charge in [0.15, 0.2) is 0 Å². The number of nitrogens with zero attached hydrogens (tertiary/aromatic N) is 4. The van der Waals surface area contributed by atoms with Gasteiger partial charge in [0, 0.05) is 18.5 Å². The van der Waals surface area contributed by atoms with E-state index in [-0.39, 0.29) is 0 Å². The minimum absolute atomic E-state index is 0.424. The largest absolute Gasteiger partial charge is 0.355 e. The topological polar surface area (TPSA) is 63.7 Å². The fourth-order valence-corrected chi connectivity index (χ4v) is 2.03. The summed E-state index contributed by atoms with van der Waals surface area (Å²) in [5.41, 5.74) is 1.42. The van der Waals surface area contributed by atoms with E-state index in [0.717, 1.165) is 17.4 Å². The lowest BCUT2D eigenvalue weighted by molar-refractivity contribution is 0.812. The van der Waals surface area contributed by atoms with Gasteiger partial charge in [0.2, 0.25) is 0 Å². The maximum absolute atomic E-state index is 9.27. The first-order valence-corrected chi connectivity index (χ1v) is 6.22. The normalized spacial score (nSPS) is 9.84. The Balaban J connectivity index is 2.51. The fraction of sp³-hybridized carbons (Fsp3) is 0.267. The average molecular weight is 250 g/mol. The SMILES string of the molecule is CCN(CCC#N)c1nc2ccccc2cc1C#N. The van der Waals surface area contributed by atoms with Gasteiger partial charge in [0.1, 0.15) is 11.9 Å². The van der Waals surface area contributed by atoms with Crippen molar-refractivity contribution in [2.75, 3.05) is 18.0 Å². The Morgan fingerprint density at radius 1 is 1.26 bits per heavy atom. The summed E-state index contributed by atoms with van der Waals surface area (Å²) >= 11 is 0. The van der Waals surface area contributed by atoms with Crippen LogP contribution in [0, 0.1) is 22.7 Å². The molecule has 4 nitrogen and oxygen atoms in total. The molecule has 2 rings (SSSR count). The summed E-state index contributed by atoms with van der Waals surface area (Å²) in [5.74, 6) is 0.666. The van der Waals surface area contributed by atoms with Crippen LogP contribution >= 0.6 is 0 Å². The van der Waals surface area contributed by atoms with Crippen molar-refractivity contribution < 1.29 is 0 Å². The summed E-state index contributed by atoms with van der Waals surface area (Å²) in [6, 6.07) is 13.9. The molecule has 1 aromatic heterocycles. The lowest BCUT2D eigenvalue weighted by Gasteiger charge is -2.22. The lowest BCUT2D eigenvalue weighted by Crippen LogP contribution is -2.25. The third-order valence-electron chi connectivity index (χ3n) is 3.00. The zero-order chi connectivity index (χ0) is 13.7. The van der Waals surface area contributed by atoms with Gasteiger partial charge in [-0.15, -0.1) is 0 Å². The Morgan fingerprint density at radius 2 is 2.05 bits per heavy atom. The molecule has 0 aliphatic carbocycles. The molecule has 19 heavy (non-hydrogen) atoms. The number of nitriles is 2. The third-order valence-corrected chi connectivity index (χ3v) is 3.00. The number of pyridine rings is 1. The average Bonchev–Trinajstić information content (AvgIpc) is 2.47. The Morgan fingerprint density at radius 3 is 2.74 bits per heavy atom. The van der Waals surface area contributed by atoms with Crippen LogP contribution in [-0.2, 0) is 0 Å². The summed E-state index contributed by atoms with van der Waals surface area (Å²) in [7, 11) is 0. The maximum atomic E-state index is 9.27. The zero-order valence-electron chi connectivity index (χ0n) is 10.8. The second-order valence-electron chi connectivity index (χ2n) is 4.15. The van der Waals surface area contributed by atoms with E-state index in [0.29, 0.717) is 24.3 Å². The molecule has 0 fully saturated rings. The van der Waals surface area contributed by atoms with E-state index in [2.05, 4.69) is 17.1 Å². The summed E-state index contributed by atoms with van der Waals surface area (Å²) in [6.45, 7) is 3.31. The van der Waals surface area contributed by atoms with Gasteiger partial charge >= 0.3 is 0 Å². The molecule has 0 saturated heterocycles.